The molecule has 0 atom stereocenters. The summed E-state index contributed by atoms with van der Waals surface area (Å²) in [5, 5.41) is 1.74. The Morgan fingerprint density at radius 2 is 1.73 bits per heavy atom. The van der Waals surface area contributed by atoms with Crippen molar-refractivity contribution < 1.29 is 9.18 Å². The number of carbonyl (C=O) groups excluding carboxylic acids is 1. The molecule has 0 unspecified atom stereocenters. The number of amides is 1. The van der Waals surface area contributed by atoms with Crippen molar-refractivity contribution in [1.29, 1.82) is 0 Å². The van der Waals surface area contributed by atoms with Crippen molar-refractivity contribution in [2.75, 3.05) is 31.1 Å². The van der Waals surface area contributed by atoms with Crippen molar-refractivity contribution >= 4 is 55.8 Å². The minimum absolute atomic E-state index is 0.0829. The molecule has 3 aromatic rings. The van der Waals surface area contributed by atoms with Gasteiger partial charge in [0.15, 0.2) is 5.13 Å². The third-order valence-corrected chi connectivity index (χ3v) is 5.80. The van der Waals surface area contributed by atoms with E-state index in [1.54, 1.807) is 29.2 Å². The second-order valence-corrected chi connectivity index (χ2v) is 7.93. The number of carbonyl (C=O) groups is 1. The van der Waals surface area contributed by atoms with Crippen LogP contribution in [-0.4, -0.2) is 42.0 Å². The van der Waals surface area contributed by atoms with Gasteiger partial charge in [-0.3, -0.25) is 4.79 Å². The van der Waals surface area contributed by atoms with Crippen LogP contribution in [0.5, 0.6) is 0 Å². The van der Waals surface area contributed by atoms with Gasteiger partial charge in [0.05, 0.1) is 10.2 Å². The number of aromatic nitrogens is 1. The van der Waals surface area contributed by atoms with Gasteiger partial charge in [0.25, 0.3) is 5.91 Å². The average molecular weight is 410 g/mol. The van der Waals surface area contributed by atoms with Crippen LogP contribution in [0.2, 0.25) is 10.0 Å². The molecule has 0 N–H and O–H groups in total. The van der Waals surface area contributed by atoms with E-state index in [0.29, 0.717) is 41.8 Å². The molecule has 1 aliphatic heterocycles. The summed E-state index contributed by atoms with van der Waals surface area (Å²) in [4.78, 5) is 21.1. The first-order valence-electron chi connectivity index (χ1n) is 8.06. The standard InChI is InChI=1S/C18H14Cl2FN3OS/c19-12-7-11(8-13(20)9-12)17(25)23-3-5-24(6-4-23)18-22-15-2-1-14(21)10-16(15)26-18/h1-2,7-10H,3-6H2. The molecular weight excluding hydrogens is 396 g/mol. The molecule has 1 aromatic heterocycles. The molecule has 134 valence electrons. The van der Waals surface area contributed by atoms with Gasteiger partial charge in [0, 0.05) is 41.8 Å². The minimum atomic E-state index is -0.261. The molecule has 1 saturated heterocycles. The quantitative estimate of drug-likeness (QED) is 0.614. The number of hydrogen-bond acceptors (Lipinski definition) is 4. The lowest BCUT2D eigenvalue weighted by atomic mass is 10.2. The summed E-state index contributed by atoms with van der Waals surface area (Å²) in [7, 11) is 0. The van der Waals surface area contributed by atoms with Crippen LogP contribution in [0.4, 0.5) is 9.52 Å². The molecule has 4 nitrogen and oxygen atoms in total. The minimum Gasteiger partial charge on any atom is -0.345 e. The van der Waals surface area contributed by atoms with E-state index in [1.165, 1.54) is 23.5 Å². The zero-order chi connectivity index (χ0) is 18.3. The number of halogens is 3. The summed E-state index contributed by atoms with van der Waals surface area (Å²) < 4.78 is 14.2. The van der Waals surface area contributed by atoms with E-state index >= 15 is 0 Å². The summed E-state index contributed by atoms with van der Waals surface area (Å²) in [6.07, 6.45) is 0. The first-order chi connectivity index (χ1) is 12.5. The molecule has 4 rings (SSSR count). The number of anilines is 1. The fourth-order valence-electron chi connectivity index (χ4n) is 2.98. The molecule has 0 aliphatic carbocycles. The third kappa shape index (κ3) is 3.49. The van der Waals surface area contributed by atoms with E-state index in [-0.39, 0.29) is 11.7 Å². The number of fused-ring (bicyclic) bond motifs is 1. The highest BCUT2D eigenvalue weighted by atomic mass is 35.5. The highest BCUT2D eigenvalue weighted by molar-refractivity contribution is 7.22. The Morgan fingerprint density at radius 3 is 2.42 bits per heavy atom. The van der Waals surface area contributed by atoms with Gasteiger partial charge in [0.1, 0.15) is 5.82 Å². The maximum atomic E-state index is 13.3. The molecule has 1 aliphatic rings. The van der Waals surface area contributed by atoms with Crippen LogP contribution in [0.15, 0.2) is 36.4 Å². The number of thiazole rings is 1. The fourth-order valence-corrected chi connectivity index (χ4v) is 4.55. The molecule has 0 bridgehead atoms. The van der Waals surface area contributed by atoms with Crippen LogP contribution in [0.1, 0.15) is 10.4 Å². The van der Waals surface area contributed by atoms with Gasteiger partial charge in [-0.15, -0.1) is 0 Å². The lowest BCUT2D eigenvalue weighted by Gasteiger charge is -2.34. The van der Waals surface area contributed by atoms with Crippen LogP contribution >= 0.6 is 34.5 Å². The van der Waals surface area contributed by atoms with Crippen molar-refractivity contribution in [1.82, 2.24) is 9.88 Å². The number of piperazine rings is 1. The predicted octanol–water partition coefficient (Wildman–Crippen LogP) is 4.70. The summed E-state index contributed by atoms with van der Waals surface area (Å²) >= 11 is 13.4. The zero-order valence-electron chi connectivity index (χ0n) is 13.6. The fraction of sp³-hybridized carbons (Fsp3) is 0.222. The zero-order valence-corrected chi connectivity index (χ0v) is 15.9. The van der Waals surface area contributed by atoms with Crippen LogP contribution in [0, 0.1) is 5.82 Å². The Kier molecular flexibility index (Phi) is 4.73. The van der Waals surface area contributed by atoms with E-state index in [4.69, 9.17) is 23.2 Å². The smallest absolute Gasteiger partial charge is 0.254 e. The van der Waals surface area contributed by atoms with E-state index in [9.17, 15) is 9.18 Å². The Morgan fingerprint density at radius 1 is 1.04 bits per heavy atom. The third-order valence-electron chi connectivity index (χ3n) is 4.29. The predicted molar refractivity (Wildman–Crippen MR) is 104 cm³/mol. The lowest BCUT2D eigenvalue weighted by molar-refractivity contribution is 0.0747. The number of benzene rings is 2. The van der Waals surface area contributed by atoms with Crippen molar-refractivity contribution in [3.8, 4) is 0 Å². The Bertz CT molecular complexity index is 965. The normalized spacial score (nSPS) is 14.9. The van der Waals surface area contributed by atoms with E-state index in [1.807, 2.05) is 0 Å². The van der Waals surface area contributed by atoms with Crippen molar-refractivity contribution in [2.24, 2.45) is 0 Å². The topological polar surface area (TPSA) is 36.4 Å². The second-order valence-electron chi connectivity index (χ2n) is 6.05. The molecule has 1 amide bonds. The second kappa shape index (κ2) is 7.02. The number of rotatable bonds is 2. The summed E-state index contributed by atoms with van der Waals surface area (Å²) in [6, 6.07) is 9.47. The van der Waals surface area contributed by atoms with Crippen molar-refractivity contribution in [3.63, 3.8) is 0 Å². The molecule has 1 fully saturated rings. The number of hydrogen-bond donors (Lipinski definition) is 0. The van der Waals surface area contributed by atoms with Gasteiger partial charge >= 0.3 is 0 Å². The maximum Gasteiger partial charge on any atom is 0.254 e. The van der Waals surface area contributed by atoms with Gasteiger partial charge in [-0.05, 0) is 36.4 Å². The Hall–Kier alpha value is -1.89. The van der Waals surface area contributed by atoms with Gasteiger partial charge in [-0.2, -0.15) is 0 Å². The Balaban J connectivity index is 1.47. The summed E-state index contributed by atoms with van der Waals surface area (Å²) in [6.45, 7) is 2.49. The van der Waals surface area contributed by atoms with Gasteiger partial charge in [-0.25, -0.2) is 9.37 Å². The first kappa shape index (κ1) is 17.5. The van der Waals surface area contributed by atoms with E-state index in [0.717, 1.165) is 15.3 Å². The molecular formula is C18H14Cl2FN3OS. The molecule has 26 heavy (non-hydrogen) atoms. The van der Waals surface area contributed by atoms with Gasteiger partial charge in [-0.1, -0.05) is 34.5 Å². The molecule has 0 saturated carbocycles. The van der Waals surface area contributed by atoms with E-state index in [2.05, 4.69) is 9.88 Å². The molecule has 0 radical (unpaired) electrons. The lowest BCUT2D eigenvalue weighted by Crippen LogP contribution is -2.48. The monoisotopic (exact) mass is 409 g/mol. The SMILES string of the molecule is O=C(c1cc(Cl)cc(Cl)c1)N1CCN(c2nc3ccc(F)cc3s2)CC1. The van der Waals surface area contributed by atoms with Crippen LogP contribution in [0.25, 0.3) is 10.2 Å². The molecule has 2 heterocycles. The highest BCUT2D eigenvalue weighted by Crippen LogP contribution is 2.30. The van der Waals surface area contributed by atoms with Crippen molar-refractivity contribution in [3.05, 3.63) is 57.8 Å². The first-order valence-corrected chi connectivity index (χ1v) is 9.63. The summed E-state index contributed by atoms with van der Waals surface area (Å²) in [5.41, 5.74) is 1.28. The largest absolute Gasteiger partial charge is 0.345 e. The molecule has 0 spiro atoms. The molecule has 2 aromatic carbocycles. The van der Waals surface area contributed by atoms with E-state index < -0.39 is 0 Å². The van der Waals surface area contributed by atoms with Crippen molar-refractivity contribution in [2.45, 2.75) is 0 Å². The highest BCUT2D eigenvalue weighted by Gasteiger charge is 2.24. The van der Waals surface area contributed by atoms with Crippen LogP contribution < -0.4 is 4.90 Å². The van der Waals surface area contributed by atoms with Crippen LogP contribution in [0.3, 0.4) is 0 Å². The maximum absolute atomic E-state index is 13.3. The molecule has 8 heteroatoms. The van der Waals surface area contributed by atoms with Gasteiger partial charge in [0.2, 0.25) is 0 Å². The Labute approximate surface area is 163 Å². The number of nitrogens with zero attached hydrogens (tertiary/aromatic N) is 3. The van der Waals surface area contributed by atoms with Gasteiger partial charge < -0.3 is 9.80 Å². The average Bonchev–Trinajstić information content (AvgIpc) is 3.03. The van der Waals surface area contributed by atoms with Crippen LogP contribution in [-0.2, 0) is 0 Å². The summed E-state index contributed by atoms with van der Waals surface area (Å²) in [5.74, 6) is -0.344.